The van der Waals surface area contributed by atoms with Crippen molar-refractivity contribution in [1.82, 2.24) is 5.32 Å². The summed E-state index contributed by atoms with van der Waals surface area (Å²) in [5.41, 5.74) is 0.583. The molecule has 0 radical (unpaired) electrons. The van der Waals surface area contributed by atoms with Gasteiger partial charge in [0.15, 0.2) is 0 Å². The smallest absolute Gasteiger partial charge is 0.230 e. The van der Waals surface area contributed by atoms with Crippen molar-refractivity contribution in [2.24, 2.45) is 0 Å². The predicted molar refractivity (Wildman–Crippen MR) is 73.5 cm³/mol. The van der Waals surface area contributed by atoms with Crippen molar-refractivity contribution in [1.29, 1.82) is 5.26 Å². The number of carbonyl (C=O) groups excluding carboxylic acids is 1. The lowest BCUT2D eigenvalue weighted by Crippen LogP contribution is -2.46. The Morgan fingerprint density at radius 1 is 1.53 bits per heavy atom. The Morgan fingerprint density at radius 2 is 2.21 bits per heavy atom. The van der Waals surface area contributed by atoms with Crippen LogP contribution in [0, 0.1) is 11.3 Å². The number of nitriles is 1. The lowest BCUT2D eigenvalue weighted by atomic mass is 9.83. The number of carbonyl (C=O) groups is 1. The van der Waals surface area contributed by atoms with Crippen LogP contribution in [0.1, 0.15) is 38.3 Å². The van der Waals surface area contributed by atoms with E-state index in [-0.39, 0.29) is 18.6 Å². The van der Waals surface area contributed by atoms with Crippen molar-refractivity contribution < 1.29 is 9.90 Å². The molecule has 19 heavy (non-hydrogen) atoms. The maximum Gasteiger partial charge on any atom is 0.230 e. The molecule has 4 heteroatoms. The van der Waals surface area contributed by atoms with E-state index in [2.05, 4.69) is 11.4 Å². The molecule has 0 saturated heterocycles. The highest BCUT2D eigenvalue weighted by atomic mass is 16.3. The molecule has 0 aromatic heterocycles. The first-order chi connectivity index (χ1) is 8.95. The van der Waals surface area contributed by atoms with Crippen LogP contribution in [-0.4, -0.2) is 23.7 Å². The van der Waals surface area contributed by atoms with Gasteiger partial charge in [0.1, 0.15) is 0 Å². The number of hydrogen-bond acceptors (Lipinski definition) is 3. The zero-order valence-electron chi connectivity index (χ0n) is 11.6. The van der Waals surface area contributed by atoms with E-state index < -0.39 is 5.41 Å². The molecular weight excluding hydrogens is 240 g/mol. The number of nitrogens with zero attached hydrogens (tertiary/aromatic N) is 1. The van der Waals surface area contributed by atoms with Crippen LogP contribution in [0.15, 0.2) is 24.3 Å². The van der Waals surface area contributed by atoms with Crippen LogP contribution in [0.5, 0.6) is 0 Å². The zero-order chi connectivity index (χ0) is 14.5. The van der Waals surface area contributed by atoms with Gasteiger partial charge in [-0.1, -0.05) is 19.1 Å². The fraction of sp³-hybridized carbons (Fsp3) is 0.467. The van der Waals surface area contributed by atoms with Crippen LogP contribution in [0.25, 0.3) is 0 Å². The fourth-order valence-corrected chi connectivity index (χ4v) is 1.75. The highest BCUT2D eigenvalue weighted by Gasteiger charge is 2.31. The molecule has 1 atom stereocenters. The third-order valence-corrected chi connectivity index (χ3v) is 3.33. The summed E-state index contributed by atoms with van der Waals surface area (Å²) in [6, 6.07) is 8.87. The maximum atomic E-state index is 12.3. The molecule has 1 aromatic carbocycles. The average Bonchev–Trinajstić information content (AvgIpc) is 2.44. The van der Waals surface area contributed by atoms with E-state index >= 15 is 0 Å². The lowest BCUT2D eigenvalue weighted by molar-refractivity contribution is -0.126. The average molecular weight is 260 g/mol. The van der Waals surface area contributed by atoms with Crippen molar-refractivity contribution in [3.05, 3.63) is 35.4 Å². The molecule has 102 valence electrons. The van der Waals surface area contributed by atoms with Crippen LogP contribution in [-0.2, 0) is 10.2 Å². The van der Waals surface area contributed by atoms with Gasteiger partial charge >= 0.3 is 0 Å². The molecule has 1 rings (SSSR count). The molecule has 0 aliphatic rings. The Labute approximate surface area is 114 Å². The van der Waals surface area contributed by atoms with Gasteiger partial charge in [-0.3, -0.25) is 4.79 Å². The van der Waals surface area contributed by atoms with Gasteiger partial charge in [-0.25, -0.2) is 0 Å². The van der Waals surface area contributed by atoms with E-state index in [9.17, 15) is 4.79 Å². The van der Waals surface area contributed by atoms with Gasteiger partial charge in [0.25, 0.3) is 0 Å². The molecule has 0 fully saturated rings. The summed E-state index contributed by atoms with van der Waals surface area (Å²) in [5.74, 6) is -0.150. The zero-order valence-corrected chi connectivity index (χ0v) is 11.6. The topological polar surface area (TPSA) is 73.1 Å². The molecule has 0 spiro atoms. The molecule has 2 N–H and O–H groups in total. The SMILES string of the molecule is CCC(CO)NC(=O)C(C)(C)c1cccc(C#N)c1. The van der Waals surface area contributed by atoms with E-state index in [0.29, 0.717) is 12.0 Å². The third kappa shape index (κ3) is 3.55. The normalized spacial score (nSPS) is 12.6. The van der Waals surface area contributed by atoms with Crippen molar-refractivity contribution in [2.75, 3.05) is 6.61 Å². The molecule has 0 heterocycles. The number of hydrogen-bond donors (Lipinski definition) is 2. The molecule has 0 aliphatic carbocycles. The van der Waals surface area contributed by atoms with Crippen LogP contribution in [0.2, 0.25) is 0 Å². The minimum absolute atomic E-state index is 0.0729. The number of amides is 1. The third-order valence-electron chi connectivity index (χ3n) is 3.33. The minimum Gasteiger partial charge on any atom is -0.394 e. The number of aliphatic hydroxyl groups excluding tert-OH is 1. The second-order valence-electron chi connectivity index (χ2n) is 5.08. The standard InChI is InChI=1S/C15H20N2O2/c1-4-13(10-18)17-14(19)15(2,3)12-7-5-6-11(8-12)9-16/h5-8,13,18H,4,10H2,1-3H3,(H,17,19). The quantitative estimate of drug-likeness (QED) is 0.846. The Bertz CT molecular complexity index is 485. The molecule has 1 amide bonds. The molecule has 0 bridgehead atoms. The largest absolute Gasteiger partial charge is 0.394 e. The number of aliphatic hydroxyl groups is 1. The van der Waals surface area contributed by atoms with Crippen molar-refractivity contribution in [3.63, 3.8) is 0 Å². The van der Waals surface area contributed by atoms with Crippen molar-refractivity contribution in [2.45, 2.75) is 38.6 Å². The molecule has 4 nitrogen and oxygen atoms in total. The number of nitrogens with one attached hydrogen (secondary N) is 1. The highest BCUT2D eigenvalue weighted by molar-refractivity contribution is 5.87. The first kappa shape index (κ1) is 15.2. The summed E-state index contributed by atoms with van der Waals surface area (Å²) in [7, 11) is 0. The summed E-state index contributed by atoms with van der Waals surface area (Å²) in [6.45, 7) is 5.45. The van der Waals surface area contributed by atoms with Gasteiger partial charge in [0, 0.05) is 0 Å². The minimum atomic E-state index is -0.741. The van der Waals surface area contributed by atoms with Crippen molar-refractivity contribution >= 4 is 5.91 Å². The monoisotopic (exact) mass is 260 g/mol. The molecule has 1 unspecified atom stereocenters. The van der Waals surface area contributed by atoms with E-state index in [0.717, 1.165) is 5.56 Å². The van der Waals surface area contributed by atoms with Crippen LogP contribution < -0.4 is 5.32 Å². The van der Waals surface area contributed by atoms with Gasteiger partial charge in [-0.15, -0.1) is 0 Å². The molecular formula is C15H20N2O2. The van der Waals surface area contributed by atoms with Gasteiger partial charge in [-0.05, 0) is 38.0 Å². The van der Waals surface area contributed by atoms with Gasteiger partial charge in [0.05, 0.1) is 29.7 Å². The van der Waals surface area contributed by atoms with Crippen LogP contribution >= 0.6 is 0 Å². The van der Waals surface area contributed by atoms with Crippen LogP contribution in [0.4, 0.5) is 0 Å². The van der Waals surface area contributed by atoms with Gasteiger partial charge < -0.3 is 10.4 Å². The summed E-state index contributed by atoms with van der Waals surface area (Å²) in [6.07, 6.45) is 0.677. The summed E-state index contributed by atoms with van der Waals surface area (Å²) >= 11 is 0. The predicted octanol–water partition coefficient (Wildman–Crippen LogP) is 1.72. The Kier molecular flexibility index (Phi) is 5.08. The van der Waals surface area contributed by atoms with Crippen molar-refractivity contribution in [3.8, 4) is 6.07 Å². The first-order valence-electron chi connectivity index (χ1n) is 6.38. The lowest BCUT2D eigenvalue weighted by Gasteiger charge is -2.27. The van der Waals surface area contributed by atoms with E-state index in [4.69, 9.17) is 10.4 Å². The molecule has 0 aliphatic heterocycles. The van der Waals surface area contributed by atoms with Gasteiger partial charge in [0.2, 0.25) is 5.91 Å². The summed E-state index contributed by atoms with van der Waals surface area (Å²) in [5, 5.41) is 20.9. The Morgan fingerprint density at radius 3 is 2.74 bits per heavy atom. The second-order valence-corrected chi connectivity index (χ2v) is 5.08. The van der Waals surface area contributed by atoms with E-state index in [1.807, 2.05) is 26.8 Å². The van der Waals surface area contributed by atoms with E-state index in [1.165, 1.54) is 0 Å². The fourth-order valence-electron chi connectivity index (χ4n) is 1.75. The molecule has 0 saturated carbocycles. The molecule has 1 aromatic rings. The van der Waals surface area contributed by atoms with E-state index in [1.54, 1.807) is 18.2 Å². The first-order valence-corrected chi connectivity index (χ1v) is 6.38. The Hall–Kier alpha value is -1.86. The second kappa shape index (κ2) is 6.35. The van der Waals surface area contributed by atoms with Gasteiger partial charge in [-0.2, -0.15) is 5.26 Å². The van der Waals surface area contributed by atoms with Crippen LogP contribution in [0.3, 0.4) is 0 Å². The maximum absolute atomic E-state index is 12.3. The summed E-state index contributed by atoms with van der Waals surface area (Å²) in [4.78, 5) is 12.3. The number of rotatable bonds is 5. The Balaban J connectivity index is 2.96. The highest BCUT2D eigenvalue weighted by Crippen LogP contribution is 2.24. The number of benzene rings is 1. The summed E-state index contributed by atoms with van der Waals surface area (Å²) < 4.78 is 0.